The van der Waals surface area contributed by atoms with E-state index < -0.39 is 45.6 Å². The van der Waals surface area contributed by atoms with E-state index >= 15 is 0 Å². The lowest BCUT2D eigenvalue weighted by Gasteiger charge is -2.35. The van der Waals surface area contributed by atoms with Crippen molar-refractivity contribution >= 4 is 11.6 Å². The summed E-state index contributed by atoms with van der Waals surface area (Å²) in [5.41, 5.74) is -0.418. The molecule has 1 aliphatic heterocycles. The van der Waals surface area contributed by atoms with E-state index in [0.29, 0.717) is 18.2 Å². The van der Waals surface area contributed by atoms with Crippen LogP contribution in [0.3, 0.4) is 0 Å². The number of nitro groups is 1. The molecule has 0 N–H and O–H groups in total. The molecule has 142 valence electrons. The fraction of sp³-hybridized carbons (Fsp3) is 0.278. The first-order valence-electron chi connectivity index (χ1n) is 8.06. The van der Waals surface area contributed by atoms with Crippen LogP contribution in [0.25, 0.3) is 0 Å². The molecular weight excluding hydrogens is 365 g/mol. The molecule has 1 atom stereocenters. The van der Waals surface area contributed by atoms with E-state index in [2.05, 4.69) is 0 Å². The summed E-state index contributed by atoms with van der Waals surface area (Å²) in [5, 5.41) is 10.9. The summed E-state index contributed by atoms with van der Waals surface area (Å²) >= 11 is 0. The van der Waals surface area contributed by atoms with Crippen LogP contribution in [-0.4, -0.2) is 29.4 Å². The van der Waals surface area contributed by atoms with Crippen molar-refractivity contribution < 1.29 is 27.6 Å². The minimum absolute atomic E-state index is 0.200. The van der Waals surface area contributed by atoms with Crippen molar-refractivity contribution in [2.45, 2.75) is 19.4 Å². The first kappa shape index (κ1) is 18.7. The summed E-state index contributed by atoms with van der Waals surface area (Å²) in [7, 11) is 1.49. The molecule has 9 heteroatoms. The Morgan fingerprint density at radius 2 is 1.93 bits per heavy atom. The normalized spacial score (nSPS) is 16.0. The SMILES string of the molecule is COc1ccc2c(c1)C(C)N(C(=O)c1cc([N+](=O)[O-])c(F)c(F)c1F)CC2. The second-order valence-corrected chi connectivity index (χ2v) is 6.13. The molecular formula is C18H15F3N2O4. The van der Waals surface area contributed by atoms with Crippen molar-refractivity contribution in [2.24, 2.45) is 0 Å². The van der Waals surface area contributed by atoms with E-state index in [9.17, 15) is 28.1 Å². The van der Waals surface area contributed by atoms with Crippen LogP contribution >= 0.6 is 0 Å². The zero-order chi connectivity index (χ0) is 19.9. The van der Waals surface area contributed by atoms with Gasteiger partial charge in [0, 0.05) is 12.6 Å². The molecule has 3 rings (SSSR count). The van der Waals surface area contributed by atoms with Gasteiger partial charge < -0.3 is 9.64 Å². The van der Waals surface area contributed by atoms with Gasteiger partial charge in [-0.05, 0) is 36.6 Å². The number of fused-ring (bicyclic) bond motifs is 1. The monoisotopic (exact) mass is 380 g/mol. The number of ether oxygens (including phenoxy) is 1. The highest BCUT2D eigenvalue weighted by Crippen LogP contribution is 2.34. The molecule has 0 bridgehead atoms. The van der Waals surface area contributed by atoms with Gasteiger partial charge in [-0.1, -0.05) is 6.07 Å². The van der Waals surface area contributed by atoms with Gasteiger partial charge in [0.2, 0.25) is 11.6 Å². The lowest BCUT2D eigenvalue weighted by atomic mass is 9.92. The van der Waals surface area contributed by atoms with Crippen molar-refractivity contribution in [1.29, 1.82) is 0 Å². The molecule has 1 heterocycles. The van der Waals surface area contributed by atoms with Crippen LogP contribution in [0.5, 0.6) is 5.75 Å². The fourth-order valence-corrected chi connectivity index (χ4v) is 3.23. The average Bonchev–Trinajstić information content (AvgIpc) is 2.65. The molecule has 0 aliphatic carbocycles. The number of amides is 1. The highest BCUT2D eigenvalue weighted by atomic mass is 19.2. The van der Waals surface area contributed by atoms with Crippen molar-refractivity contribution in [3.8, 4) is 5.75 Å². The van der Waals surface area contributed by atoms with Gasteiger partial charge >= 0.3 is 5.69 Å². The second kappa shape index (κ2) is 6.90. The Hall–Kier alpha value is -3.10. The molecule has 6 nitrogen and oxygen atoms in total. The molecule has 0 saturated heterocycles. The quantitative estimate of drug-likeness (QED) is 0.462. The number of hydrogen-bond acceptors (Lipinski definition) is 4. The number of benzene rings is 2. The maximum atomic E-state index is 14.1. The number of rotatable bonds is 3. The summed E-state index contributed by atoms with van der Waals surface area (Å²) < 4.78 is 46.6. The number of carbonyl (C=O) groups excluding carboxylic acids is 1. The molecule has 1 amide bonds. The Labute approximate surface area is 152 Å². The van der Waals surface area contributed by atoms with Gasteiger partial charge in [-0.2, -0.15) is 4.39 Å². The zero-order valence-electron chi connectivity index (χ0n) is 14.5. The van der Waals surface area contributed by atoms with E-state index in [0.717, 1.165) is 11.1 Å². The highest BCUT2D eigenvalue weighted by molar-refractivity contribution is 5.95. The van der Waals surface area contributed by atoms with E-state index in [-0.39, 0.29) is 6.54 Å². The topological polar surface area (TPSA) is 72.7 Å². The number of nitro benzene ring substituents is 1. The summed E-state index contributed by atoms with van der Waals surface area (Å²) in [4.78, 5) is 23.7. The minimum atomic E-state index is -2.04. The van der Waals surface area contributed by atoms with E-state index in [1.807, 2.05) is 6.07 Å². The predicted molar refractivity (Wildman–Crippen MR) is 89.1 cm³/mol. The summed E-state index contributed by atoms with van der Waals surface area (Å²) in [6.07, 6.45) is 0.461. The molecule has 0 saturated carbocycles. The van der Waals surface area contributed by atoms with Gasteiger partial charge in [0.05, 0.1) is 23.6 Å². The first-order valence-corrected chi connectivity index (χ1v) is 8.06. The Morgan fingerprint density at radius 3 is 2.56 bits per heavy atom. The fourth-order valence-electron chi connectivity index (χ4n) is 3.23. The number of hydrogen-bond donors (Lipinski definition) is 0. The second-order valence-electron chi connectivity index (χ2n) is 6.13. The Morgan fingerprint density at radius 1 is 1.22 bits per heavy atom. The maximum absolute atomic E-state index is 14.1. The predicted octanol–water partition coefficient (Wildman–Crippen LogP) is 3.78. The van der Waals surface area contributed by atoms with Crippen molar-refractivity contribution in [3.05, 3.63) is 68.5 Å². The molecule has 27 heavy (non-hydrogen) atoms. The number of carbonyl (C=O) groups is 1. The van der Waals surface area contributed by atoms with Crippen molar-refractivity contribution in [2.75, 3.05) is 13.7 Å². The van der Waals surface area contributed by atoms with Gasteiger partial charge in [0.15, 0.2) is 5.82 Å². The van der Waals surface area contributed by atoms with Crippen LogP contribution in [0, 0.1) is 27.6 Å². The Bertz CT molecular complexity index is 949. The molecule has 0 spiro atoms. The zero-order valence-corrected chi connectivity index (χ0v) is 14.5. The summed E-state index contributed by atoms with van der Waals surface area (Å²) in [5.74, 6) is -6.10. The molecule has 1 aliphatic rings. The largest absolute Gasteiger partial charge is 0.497 e. The first-order chi connectivity index (χ1) is 12.8. The third-order valence-corrected chi connectivity index (χ3v) is 4.71. The minimum Gasteiger partial charge on any atom is -0.497 e. The number of halogens is 3. The average molecular weight is 380 g/mol. The van der Waals surface area contributed by atoms with Crippen LogP contribution in [0.15, 0.2) is 24.3 Å². The van der Waals surface area contributed by atoms with Gasteiger partial charge in [-0.25, -0.2) is 8.78 Å². The lowest BCUT2D eigenvalue weighted by Crippen LogP contribution is -2.39. The van der Waals surface area contributed by atoms with Gasteiger partial charge in [0.1, 0.15) is 5.75 Å². The smallest absolute Gasteiger partial charge is 0.308 e. The number of nitrogens with zero attached hydrogens (tertiary/aromatic N) is 2. The van der Waals surface area contributed by atoms with Gasteiger partial charge in [-0.15, -0.1) is 0 Å². The van der Waals surface area contributed by atoms with E-state index in [1.54, 1.807) is 19.1 Å². The standard InChI is InChI=1S/C18H15F3N2O4/c1-9-12-7-11(27-2)4-3-10(12)5-6-22(9)18(24)13-8-14(23(25)26)16(20)17(21)15(13)19/h3-4,7-9H,5-6H2,1-2H3. The van der Waals surface area contributed by atoms with Crippen molar-refractivity contribution in [3.63, 3.8) is 0 Å². The third kappa shape index (κ3) is 3.09. The molecule has 2 aromatic rings. The lowest BCUT2D eigenvalue weighted by molar-refractivity contribution is -0.387. The van der Waals surface area contributed by atoms with Crippen LogP contribution < -0.4 is 4.74 Å². The van der Waals surface area contributed by atoms with Gasteiger partial charge in [0.25, 0.3) is 5.91 Å². The van der Waals surface area contributed by atoms with Gasteiger partial charge in [-0.3, -0.25) is 14.9 Å². The molecule has 1 unspecified atom stereocenters. The number of methoxy groups -OCH3 is 1. The molecule has 2 aromatic carbocycles. The van der Waals surface area contributed by atoms with Crippen LogP contribution in [-0.2, 0) is 6.42 Å². The van der Waals surface area contributed by atoms with Crippen molar-refractivity contribution in [1.82, 2.24) is 4.90 Å². The third-order valence-electron chi connectivity index (χ3n) is 4.71. The summed E-state index contributed by atoms with van der Waals surface area (Å²) in [6.45, 7) is 1.90. The van der Waals surface area contributed by atoms with Crippen LogP contribution in [0.1, 0.15) is 34.5 Å². The molecule has 0 fully saturated rings. The summed E-state index contributed by atoms with van der Waals surface area (Å²) in [6, 6.07) is 5.30. The van der Waals surface area contributed by atoms with Crippen LogP contribution in [0.2, 0.25) is 0 Å². The Balaban J connectivity index is 2.03. The molecule has 0 aromatic heterocycles. The maximum Gasteiger partial charge on any atom is 0.308 e. The Kier molecular flexibility index (Phi) is 4.77. The van der Waals surface area contributed by atoms with E-state index in [1.165, 1.54) is 12.0 Å². The molecule has 0 radical (unpaired) electrons. The van der Waals surface area contributed by atoms with Crippen LogP contribution in [0.4, 0.5) is 18.9 Å². The van der Waals surface area contributed by atoms with E-state index in [4.69, 9.17) is 4.74 Å². The highest BCUT2D eigenvalue weighted by Gasteiger charge is 2.34.